The van der Waals surface area contributed by atoms with Gasteiger partial charge in [0.05, 0.1) is 19.3 Å². The van der Waals surface area contributed by atoms with Crippen molar-refractivity contribution in [3.05, 3.63) is 0 Å². The minimum atomic E-state index is -1.81. The van der Waals surface area contributed by atoms with Crippen molar-refractivity contribution in [1.29, 1.82) is 0 Å². The number of rotatable bonds is 11. The first kappa shape index (κ1) is 34.6. The Hall–Kier alpha value is -1.91. The molecule has 3 saturated heterocycles. The molecular weight excluding hydrogens is 572 g/mol. The van der Waals surface area contributed by atoms with E-state index in [1.165, 1.54) is 6.92 Å². The molecule has 2 amide bonds. The first-order chi connectivity index (χ1) is 19.8. The molecule has 15 unspecified atom stereocenters. The molecule has 3 fully saturated rings. The maximum atomic E-state index is 12.2. The van der Waals surface area contributed by atoms with Crippen molar-refractivity contribution in [2.75, 3.05) is 19.8 Å². The van der Waals surface area contributed by atoms with Crippen LogP contribution in [0.5, 0.6) is 0 Å². The van der Waals surface area contributed by atoms with Crippen LogP contribution in [0, 0.1) is 0 Å². The molecule has 3 aliphatic rings. The minimum absolute atomic E-state index is 0.406. The van der Waals surface area contributed by atoms with Crippen LogP contribution in [0.1, 0.15) is 20.8 Å². The van der Waals surface area contributed by atoms with Gasteiger partial charge in [0, 0.05) is 13.8 Å². The van der Waals surface area contributed by atoms with Gasteiger partial charge in [-0.1, -0.05) is 0 Å². The molecule has 0 aromatic heterocycles. The van der Waals surface area contributed by atoms with Gasteiger partial charge in [-0.25, -0.2) is 0 Å². The molecule has 18 nitrogen and oxygen atoms in total. The number of aliphatic hydroxyl groups excluding tert-OH is 7. The summed E-state index contributed by atoms with van der Waals surface area (Å²) in [5.41, 5.74) is 0. The predicted molar refractivity (Wildman–Crippen MR) is 133 cm³/mol. The summed E-state index contributed by atoms with van der Waals surface area (Å²) in [5.74, 6) is -1.27. The highest BCUT2D eigenvalue weighted by Crippen LogP contribution is 2.33. The monoisotopic (exact) mass is 612 g/mol. The molecule has 3 aliphatic heterocycles. The van der Waals surface area contributed by atoms with E-state index in [1.807, 2.05) is 0 Å². The van der Waals surface area contributed by atoms with E-state index in [2.05, 4.69) is 10.6 Å². The third-order valence-corrected chi connectivity index (χ3v) is 7.17. The summed E-state index contributed by atoms with van der Waals surface area (Å²) in [6.07, 6.45) is -19.4. The highest BCUT2D eigenvalue weighted by molar-refractivity contribution is 5.73. The Labute approximate surface area is 240 Å². The Morgan fingerprint density at radius 1 is 0.714 bits per heavy atom. The van der Waals surface area contributed by atoms with Gasteiger partial charge in [-0.2, -0.15) is 0 Å². The SMILES string of the molecule is CC(=O)NC1C(OC2C(CO)OC(OCC=O)C(NC(C)=O)C2OC2OC(C)C(O)C(O)C2O)OC(CO)C(O)C1O. The smallest absolute Gasteiger partial charge is 0.217 e. The van der Waals surface area contributed by atoms with E-state index >= 15 is 0 Å². The van der Waals surface area contributed by atoms with E-state index < -0.39 is 124 Å². The van der Waals surface area contributed by atoms with Crippen LogP contribution >= 0.6 is 0 Å². The molecular formula is C24H40N2O16. The maximum absolute atomic E-state index is 12.2. The summed E-state index contributed by atoms with van der Waals surface area (Å²) in [6, 6.07) is -2.76. The van der Waals surface area contributed by atoms with Crippen LogP contribution in [0.15, 0.2) is 0 Å². The van der Waals surface area contributed by atoms with E-state index in [9.17, 15) is 50.1 Å². The lowest BCUT2D eigenvalue weighted by Crippen LogP contribution is -2.70. The van der Waals surface area contributed by atoms with E-state index in [1.54, 1.807) is 0 Å². The van der Waals surface area contributed by atoms with E-state index in [4.69, 9.17) is 28.4 Å². The minimum Gasteiger partial charge on any atom is -0.394 e. The van der Waals surface area contributed by atoms with E-state index in [-0.39, 0.29) is 0 Å². The average Bonchev–Trinajstić information content (AvgIpc) is 2.94. The highest BCUT2D eigenvalue weighted by Gasteiger charge is 2.55. The molecule has 0 bridgehead atoms. The molecule has 42 heavy (non-hydrogen) atoms. The van der Waals surface area contributed by atoms with Crippen LogP contribution < -0.4 is 10.6 Å². The normalized spacial score (nSPS) is 44.3. The van der Waals surface area contributed by atoms with Crippen LogP contribution in [0.25, 0.3) is 0 Å². The third kappa shape index (κ3) is 7.78. The molecule has 3 rings (SSSR count). The van der Waals surface area contributed by atoms with Crippen molar-refractivity contribution in [2.45, 2.75) is 113 Å². The van der Waals surface area contributed by atoms with Gasteiger partial charge in [0.2, 0.25) is 11.8 Å². The topological polar surface area (TPSA) is 272 Å². The fourth-order valence-electron chi connectivity index (χ4n) is 5.06. The zero-order valence-corrected chi connectivity index (χ0v) is 23.2. The van der Waals surface area contributed by atoms with Crippen molar-refractivity contribution in [3.63, 3.8) is 0 Å². The van der Waals surface area contributed by atoms with E-state index in [0.29, 0.717) is 6.29 Å². The number of hydrogen-bond acceptors (Lipinski definition) is 16. The number of aliphatic hydroxyl groups is 7. The summed E-state index contributed by atoms with van der Waals surface area (Å²) in [7, 11) is 0. The van der Waals surface area contributed by atoms with Crippen molar-refractivity contribution in [1.82, 2.24) is 10.6 Å². The molecule has 0 radical (unpaired) electrons. The molecule has 15 atom stereocenters. The number of carbonyl (C=O) groups is 3. The fourth-order valence-corrected chi connectivity index (χ4v) is 5.06. The van der Waals surface area contributed by atoms with Crippen molar-refractivity contribution >= 4 is 18.1 Å². The van der Waals surface area contributed by atoms with Gasteiger partial charge in [-0.05, 0) is 6.92 Å². The van der Waals surface area contributed by atoms with Crippen LogP contribution in [0.3, 0.4) is 0 Å². The Kier molecular flexibility index (Phi) is 12.5. The number of ether oxygens (including phenoxy) is 6. The second kappa shape index (κ2) is 15.2. The Balaban J connectivity index is 2.03. The van der Waals surface area contributed by atoms with Gasteiger partial charge >= 0.3 is 0 Å². The van der Waals surface area contributed by atoms with Gasteiger partial charge in [-0.3, -0.25) is 9.59 Å². The maximum Gasteiger partial charge on any atom is 0.217 e. The summed E-state index contributed by atoms with van der Waals surface area (Å²) in [4.78, 5) is 35.2. The summed E-state index contributed by atoms with van der Waals surface area (Å²) < 4.78 is 34.5. The molecule has 9 N–H and O–H groups in total. The van der Waals surface area contributed by atoms with Gasteiger partial charge in [0.25, 0.3) is 0 Å². The van der Waals surface area contributed by atoms with Crippen molar-refractivity contribution < 1.29 is 78.6 Å². The zero-order chi connectivity index (χ0) is 31.3. The number of hydrogen-bond donors (Lipinski definition) is 9. The lowest BCUT2D eigenvalue weighted by Gasteiger charge is -2.50. The molecule has 0 aromatic carbocycles. The number of nitrogens with one attached hydrogen (secondary N) is 2. The standard InChI is InChI=1S/C24H40N2O16/c1-8-15(32)18(35)19(36)24(38-8)42-21-14(26-10(3)31)22(37-5-4-27)40-12(7-29)20(21)41-23-13(25-9(2)30)17(34)16(33)11(6-28)39-23/h4,8,11-24,28-29,32-36H,5-7H2,1-3H3,(H,25,30)(H,26,31). The van der Waals surface area contributed by atoms with Gasteiger partial charge in [-0.15, -0.1) is 0 Å². The van der Waals surface area contributed by atoms with Crippen molar-refractivity contribution in [2.24, 2.45) is 0 Å². The highest BCUT2D eigenvalue weighted by atomic mass is 16.8. The molecule has 0 aliphatic carbocycles. The molecule has 0 aromatic rings. The molecule has 242 valence electrons. The van der Waals surface area contributed by atoms with Crippen LogP contribution in [-0.4, -0.2) is 166 Å². The second-order valence-electron chi connectivity index (χ2n) is 10.3. The quantitative estimate of drug-likeness (QED) is 0.0982. The van der Waals surface area contributed by atoms with Crippen LogP contribution in [0.4, 0.5) is 0 Å². The number of carbonyl (C=O) groups excluding carboxylic acids is 3. The Morgan fingerprint density at radius 3 is 1.86 bits per heavy atom. The summed E-state index contributed by atoms with van der Waals surface area (Å²) >= 11 is 0. The molecule has 0 saturated carbocycles. The summed E-state index contributed by atoms with van der Waals surface area (Å²) in [6.45, 7) is 1.64. The van der Waals surface area contributed by atoms with Gasteiger partial charge in [0.15, 0.2) is 18.9 Å². The van der Waals surface area contributed by atoms with Crippen LogP contribution in [0.2, 0.25) is 0 Å². The van der Waals surface area contributed by atoms with E-state index in [0.717, 1.165) is 13.8 Å². The Bertz CT molecular complexity index is 914. The van der Waals surface area contributed by atoms with Gasteiger partial charge in [0.1, 0.15) is 79.9 Å². The van der Waals surface area contributed by atoms with Gasteiger partial charge < -0.3 is 79.6 Å². The zero-order valence-electron chi connectivity index (χ0n) is 23.2. The largest absolute Gasteiger partial charge is 0.394 e. The third-order valence-electron chi connectivity index (χ3n) is 7.17. The number of aldehydes is 1. The molecule has 18 heteroatoms. The predicted octanol–water partition coefficient (Wildman–Crippen LogP) is -6.03. The summed E-state index contributed by atoms with van der Waals surface area (Å²) in [5, 5.41) is 77.0. The fraction of sp³-hybridized carbons (Fsp3) is 0.875. The van der Waals surface area contributed by atoms with Crippen LogP contribution in [-0.2, 0) is 42.8 Å². The first-order valence-corrected chi connectivity index (χ1v) is 13.3. The lowest BCUT2D eigenvalue weighted by atomic mass is 9.94. The second-order valence-corrected chi connectivity index (χ2v) is 10.3. The average molecular weight is 613 g/mol. The van der Waals surface area contributed by atoms with Crippen molar-refractivity contribution in [3.8, 4) is 0 Å². The Morgan fingerprint density at radius 2 is 1.29 bits per heavy atom. The molecule has 0 spiro atoms. The number of amides is 2. The molecule has 3 heterocycles. The first-order valence-electron chi connectivity index (χ1n) is 13.3. The lowest BCUT2D eigenvalue weighted by molar-refractivity contribution is -0.365.